The van der Waals surface area contributed by atoms with E-state index < -0.39 is 12.6 Å². The van der Waals surface area contributed by atoms with E-state index in [4.69, 9.17) is 19.3 Å². The van der Waals surface area contributed by atoms with Crippen LogP contribution in [0.5, 0.6) is 0 Å². The minimum atomic E-state index is -0.848. The smallest absolute Gasteiger partial charge is 0.308 e. The first kappa shape index (κ1) is 8.93. The molecule has 0 bridgehead atoms. The molecule has 0 aromatic carbocycles. The summed E-state index contributed by atoms with van der Waals surface area (Å²) >= 11 is 0. The average Bonchev–Trinajstić information content (AvgIpc) is 2.41. The first-order valence-electron chi connectivity index (χ1n) is 4.33. The molecule has 2 fully saturated rings. The molecule has 2 rings (SSSR count). The summed E-state index contributed by atoms with van der Waals surface area (Å²) in [6.07, 6.45) is -0.846. The first-order chi connectivity index (χ1) is 6.15. The van der Waals surface area contributed by atoms with E-state index in [1.807, 2.05) is 0 Å². The molecule has 0 spiro atoms. The van der Waals surface area contributed by atoms with Gasteiger partial charge in [-0.1, -0.05) is 0 Å². The zero-order valence-corrected chi connectivity index (χ0v) is 7.30. The number of rotatable bonds is 2. The van der Waals surface area contributed by atoms with Crippen molar-refractivity contribution in [2.24, 2.45) is 0 Å². The van der Waals surface area contributed by atoms with Crippen LogP contribution in [-0.4, -0.2) is 35.9 Å². The number of carbonyl (C=O) groups excluding carboxylic acids is 1. The lowest BCUT2D eigenvalue weighted by Crippen LogP contribution is -2.20. The summed E-state index contributed by atoms with van der Waals surface area (Å²) in [6.45, 7) is 1.52. The Morgan fingerprint density at radius 2 is 2.38 bits per heavy atom. The molecule has 1 N–H and O–H groups in total. The number of hydrogen-bond donors (Lipinski definition) is 1. The van der Waals surface area contributed by atoms with E-state index in [1.54, 1.807) is 0 Å². The zero-order valence-electron chi connectivity index (χ0n) is 7.30. The van der Waals surface area contributed by atoms with Crippen molar-refractivity contribution in [1.29, 1.82) is 0 Å². The van der Waals surface area contributed by atoms with Crippen molar-refractivity contribution in [3.8, 4) is 0 Å². The third kappa shape index (κ3) is 1.82. The van der Waals surface area contributed by atoms with Crippen molar-refractivity contribution in [1.82, 2.24) is 0 Å². The fourth-order valence-corrected chi connectivity index (χ4v) is 1.67. The summed E-state index contributed by atoms with van der Waals surface area (Å²) in [5.74, 6) is -0.217. The summed E-state index contributed by atoms with van der Waals surface area (Å²) in [4.78, 5) is 10.8. The molecule has 0 amide bonds. The lowest BCUT2D eigenvalue weighted by molar-refractivity contribution is -0.214. The Morgan fingerprint density at radius 3 is 3.00 bits per heavy atom. The standard InChI is InChI=1S/C8H12O5/c1-4(9)11-8-3-6-5(13-8)2-7(10)12-6/h4-6,8-9H,2-3H2,1H3. The van der Waals surface area contributed by atoms with Gasteiger partial charge >= 0.3 is 5.97 Å². The quantitative estimate of drug-likeness (QED) is 0.479. The Kier molecular flexibility index (Phi) is 2.23. The second-order valence-corrected chi connectivity index (χ2v) is 3.31. The van der Waals surface area contributed by atoms with Gasteiger partial charge in [0.1, 0.15) is 12.2 Å². The van der Waals surface area contributed by atoms with Gasteiger partial charge in [-0.15, -0.1) is 0 Å². The van der Waals surface area contributed by atoms with Gasteiger partial charge in [-0.25, -0.2) is 0 Å². The lowest BCUT2D eigenvalue weighted by atomic mass is 10.2. The van der Waals surface area contributed by atoms with Gasteiger partial charge in [0.2, 0.25) is 0 Å². The molecule has 2 aliphatic rings. The molecule has 2 saturated heterocycles. The van der Waals surface area contributed by atoms with E-state index in [-0.39, 0.29) is 18.2 Å². The minimum absolute atomic E-state index is 0.184. The molecule has 4 atom stereocenters. The number of hydrogen-bond acceptors (Lipinski definition) is 5. The Bertz CT molecular complexity index is 199. The molecule has 0 radical (unpaired) electrons. The molecule has 2 aliphatic heterocycles. The maximum absolute atomic E-state index is 10.8. The highest BCUT2D eigenvalue weighted by Crippen LogP contribution is 2.31. The van der Waals surface area contributed by atoms with Gasteiger partial charge in [0.25, 0.3) is 0 Å². The van der Waals surface area contributed by atoms with Crippen molar-refractivity contribution in [3.63, 3.8) is 0 Å². The normalized spacial score (nSPS) is 40.2. The second kappa shape index (κ2) is 3.25. The molecule has 4 unspecified atom stereocenters. The van der Waals surface area contributed by atoms with Crippen LogP contribution in [0.15, 0.2) is 0 Å². The average molecular weight is 188 g/mol. The van der Waals surface area contributed by atoms with Crippen LogP contribution >= 0.6 is 0 Å². The summed E-state index contributed by atoms with van der Waals surface area (Å²) in [6, 6.07) is 0. The minimum Gasteiger partial charge on any atom is -0.459 e. The number of aliphatic hydroxyl groups is 1. The number of aliphatic hydroxyl groups excluding tert-OH is 1. The maximum atomic E-state index is 10.8. The van der Waals surface area contributed by atoms with Gasteiger partial charge in [0.05, 0.1) is 6.42 Å². The summed E-state index contributed by atoms with van der Waals surface area (Å²) in [5, 5.41) is 8.92. The van der Waals surface area contributed by atoms with Crippen LogP contribution in [0.2, 0.25) is 0 Å². The van der Waals surface area contributed by atoms with Gasteiger partial charge < -0.3 is 19.3 Å². The fourth-order valence-electron chi connectivity index (χ4n) is 1.67. The van der Waals surface area contributed by atoms with Gasteiger partial charge in [0, 0.05) is 6.42 Å². The van der Waals surface area contributed by atoms with E-state index in [0.717, 1.165) is 0 Å². The number of fused-ring (bicyclic) bond motifs is 1. The van der Waals surface area contributed by atoms with Gasteiger partial charge in [0.15, 0.2) is 12.6 Å². The highest BCUT2D eigenvalue weighted by Gasteiger charge is 2.44. The van der Waals surface area contributed by atoms with Crippen LogP contribution in [0.4, 0.5) is 0 Å². The fraction of sp³-hybridized carbons (Fsp3) is 0.875. The Morgan fingerprint density at radius 1 is 1.62 bits per heavy atom. The van der Waals surface area contributed by atoms with E-state index in [9.17, 15) is 4.79 Å². The molecular formula is C8H12O5. The number of ether oxygens (including phenoxy) is 3. The predicted octanol–water partition coefficient (Wildman–Crippen LogP) is -0.228. The van der Waals surface area contributed by atoms with Crippen LogP contribution in [0, 0.1) is 0 Å². The van der Waals surface area contributed by atoms with Gasteiger partial charge in [-0.05, 0) is 6.92 Å². The molecule has 0 aromatic rings. The van der Waals surface area contributed by atoms with Crippen LogP contribution in [0.25, 0.3) is 0 Å². The number of esters is 1. The largest absolute Gasteiger partial charge is 0.459 e. The summed E-state index contributed by atoms with van der Waals surface area (Å²) in [7, 11) is 0. The van der Waals surface area contributed by atoms with Crippen molar-refractivity contribution >= 4 is 5.97 Å². The van der Waals surface area contributed by atoms with Crippen LogP contribution in [0.3, 0.4) is 0 Å². The Labute approximate surface area is 75.6 Å². The van der Waals surface area contributed by atoms with Crippen molar-refractivity contribution in [2.45, 2.75) is 44.6 Å². The molecule has 0 aromatic heterocycles. The topological polar surface area (TPSA) is 65.0 Å². The number of carbonyl (C=O) groups is 1. The summed E-state index contributed by atoms with van der Waals surface area (Å²) in [5.41, 5.74) is 0. The van der Waals surface area contributed by atoms with Crippen molar-refractivity contribution in [2.75, 3.05) is 0 Å². The summed E-state index contributed by atoms with van der Waals surface area (Å²) < 4.78 is 15.3. The third-order valence-electron chi connectivity index (χ3n) is 2.17. The second-order valence-electron chi connectivity index (χ2n) is 3.31. The third-order valence-corrected chi connectivity index (χ3v) is 2.17. The lowest BCUT2D eigenvalue weighted by Gasteiger charge is -2.14. The Balaban J connectivity index is 1.86. The van der Waals surface area contributed by atoms with E-state index >= 15 is 0 Å². The molecule has 5 heteroatoms. The maximum Gasteiger partial charge on any atom is 0.308 e. The molecule has 74 valence electrons. The zero-order chi connectivity index (χ0) is 9.42. The molecule has 13 heavy (non-hydrogen) atoms. The predicted molar refractivity (Wildman–Crippen MR) is 40.5 cm³/mol. The Hall–Kier alpha value is -0.650. The van der Waals surface area contributed by atoms with E-state index in [1.165, 1.54) is 6.92 Å². The van der Waals surface area contributed by atoms with Crippen molar-refractivity contribution < 1.29 is 24.1 Å². The van der Waals surface area contributed by atoms with E-state index in [2.05, 4.69) is 0 Å². The molecule has 5 nitrogen and oxygen atoms in total. The van der Waals surface area contributed by atoms with Gasteiger partial charge in [-0.2, -0.15) is 0 Å². The SMILES string of the molecule is CC(O)OC1CC2OC(=O)CC2O1. The molecule has 0 saturated carbocycles. The van der Waals surface area contributed by atoms with Crippen LogP contribution < -0.4 is 0 Å². The molecular weight excluding hydrogens is 176 g/mol. The van der Waals surface area contributed by atoms with Crippen LogP contribution in [-0.2, 0) is 19.0 Å². The molecule has 2 heterocycles. The van der Waals surface area contributed by atoms with E-state index in [0.29, 0.717) is 12.8 Å². The highest BCUT2D eigenvalue weighted by atomic mass is 16.7. The highest BCUT2D eigenvalue weighted by molar-refractivity contribution is 5.72. The molecule has 0 aliphatic carbocycles. The van der Waals surface area contributed by atoms with Crippen LogP contribution in [0.1, 0.15) is 19.8 Å². The monoisotopic (exact) mass is 188 g/mol. The van der Waals surface area contributed by atoms with Gasteiger partial charge in [-0.3, -0.25) is 4.79 Å². The van der Waals surface area contributed by atoms with Crippen molar-refractivity contribution in [3.05, 3.63) is 0 Å². The first-order valence-corrected chi connectivity index (χ1v) is 4.33.